The number of nitrogens with zero attached hydrogens (tertiary/aromatic N) is 2. The molecule has 0 aromatic heterocycles. The van der Waals surface area contributed by atoms with Gasteiger partial charge in [0.15, 0.2) is 0 Å². The molecular formula is C16H17BrN2O5S. The zero-order chi connectivity index (χ0) is 18.6. The van der Waals surface area contributed by atoms with Crippen LogP contribution in [0.4, 0.5) is 5.69 Å². The molecule has 0 atom stereocenters. The van der Waals surface area contributed by atoms with E-state index in [9.17, 15) is 18.5 Å². The highest BCUT2D eigenvalue weighted by Crippen LogP contribution is 2.36. The third-order valence-corrected chi connectivity index (χ3v) is 6.23. The number of nitro benzene ring substituents is 1. The monoisotopic (exact) mass is 428 g/mol. The summed E-state index contributed by atoms with van der Waals surface area (Å²) in [5.41, 5.74) is -0.413. The number of hydrogen-bond acceptors (Lipinski definition) is 5. The number of nitro groups is 1. The molecule has 0 N–H and O–H groups in total. The Bertz CT molecular complexity index is 882. The Morgan fingerprint density at radius 3 is 2.32 bits per heavy atom. The summed E-state index contributed by atoms with van der Waals surface area (Å²) in [6.07, 6.45) is 0. The second-order valence-electron chi connectivity index (χ2n) is 5.01. The Labute approximate surface area is 154 Å². The van der Waals surface area contributed by atoms with E-state index in [0.717, 1.165) is 6.07 Å². The first kappa shape index (κ1) is 19.4. The van der Waals surface area contributed by atoms with E-state index >= 15 is 0 Å². The van der Waals surface area contributed by atoms with Crippen molar-refractivity contribution in [3.05, 3.63) is 57.1 Å². The Hall–Kier alpha value is -1.97. The average Bonchev–Trinajstić information content (AvgIpc) is 2.57. The molecule has 0 spiro atoms. The Kier molecular flexibility index (Phi) is 6.15. The molecule has 0 aliphatic heterocycles. The summed E-state index contributed by atoms with van der Waals surface area (Å²) in [6.45, 7) is 3.98. The van der Waals surface area contributed by atoms with Gasteiger partial charge in [0.25, 0.3) is 0 Å². The number of sulfonamides is 1. The third kappa shape index (κ3) is 4.17. The summed E-state index contributed by atoms with van der Waals surface area (Å²) in [5, 5.41) is 11.4. The van der Waals surface area contributed by atoms with E-state index in [0.29, 0.717) is 10.2 Å². The molecule has 0 fully saturated rings. The van der Waals surface area contributed by atoms with Crippen molar-refractivity contribution in [3.8, 4) is 11.5 Å². The molecule has 25 heavy (non-hydrogen) atoms. The lowest BCUT2D eigenvalue weighted by molar-refractivity contribution is -0.385. The van der Waals surface area contributed by atoms with Gasteiger partial charge in [0.2, 0.25) is 15.8 Å². The Morgan fingerprint density at radius 1 is 1.12 bits per heavy atom. The van der Waals surface area contributed by atoms with Gasteiger partial charge in [-0.3, -0.25) is 10.1 Å². The lowest BCUT2D eigenvalue weighted by Crippen LogP contribution is -2.30. The number of para-hydroxylation sites is 1. The van der Waals surface area contributed by atoms with Gasteiger partial charge in [-0.25, -0.2) is 8.42 Å². The Morgan fingerprint density at radius 2 is 1.76 bits per heavy atom. The van der Waals surface area contributed by atoms with Crippen LogP contribution in [-0.4, -0.2) is 30.7 Å². The van der Waals surface area contributed by atoms with Crippen LogP contribution in [0.2, 0.25) is 0 Å². The van der Waals surface area contributed by atoms with Gasteiger partial charge in [-0.15, -0.1) is 0 Å². The van der Waals surface area contributed by atoms with Crippen LogP contribution in [0.3, 0.4) is 0 Å². The molecule has 7 nitrogen and oxygen atoms in total. The molecule has 0 aliphatic carbocycles. The van der Waals surface area contributed by atoms with E-state index in [1.807, 2.05) is 0 Å². The van der Waals surface area contributed by atoms with Crippen LogP contribution in [0.25, 0.3) is 0 Å². The normalized spacial score (nSPS) is 11.5. The quantitative estimate of drug-likeness (QED) is 0.487. The first-order chi connectivity index (χ1) is 11.8. The van der Waals surface area contributed by atoms with Crippen molar-refractivity contribution < 1.29 is 18.1 Å². The van der Waals surface area contributed by atoms with Gasteiger partial charge in [-0.2, -0.15) is 4.31 Å². The molecule has 0 saturated heterocycles. The molecule has 0 unspecified atom stereocenters. The van der Waals surface area contributed by atoms with Crippen LogP contribution in [0.5, 0.6) is 11.5 Å². The molecule has 0 radical (unpaired) electrons. The van der Waals surface area contributed by atoms with Gasteiger partial charge in [-0.05, 0) is 40.2 Å². The largest absolute Gasteiger partial charge is 0.449 e. The molecule has 2 aromatic carbocycles. The highest BCUT2D eigenvalue weighted by molar-refractivity contribution is 9.10. The highest BCUT2D eigenvalue weighted by atomic mass is 79.9. The van der Waals surface area contributed by atoms with Gasteiger partial charge in [-0.1, -0.05) is 26.0 Å². The molecule has 0 saturated carbocycles. The number of halogens is 1. The predicted molar refractivity (Wildman–Crippen MR) is 97.4 cm³/mol. The topological polar surface area (TPSA) is 89.8 Å². The van der Waals surface area contributed by atoms with Gasteiger partial charge < -0.3 is 4.74 Å². The second kappa shape index (κ2) is 7.94. The van der Waals surface area contributed by atoms with Crippen LogP contribution >= 0.6 is 15.9 Å². The van der Waals surface area contributed by atoms with Crippen LogP contribution in [0, 0.1) is 10.1 Å². The summed E-state index contributed by atoms with van der Waals surface area (Å²) in [4.78, 5) is 10.6. The van der Waals surface area contributed by atoms with E-state index in [1.54, 1.807) is 38.1 Å². The van der Waals surface area contributed by atoms with Crippen LogP contribution in [0.1, 0.15) is 13.8 Å². The lowest BCUT2D eigenvalue weighted by Gasteiger charge is -2.18. The van der Waals surface area contributed by atoms with Gasteiger partial charge in [0.05, 0.1) is 14.3 Å². The smallest absolute Gasteiger partial charge is 0.312 e. The molecule has 0 bridgehead atoms. The molecule has 2 aromatic rings. The van der Waals surface area contributed by atoms with Gasteiger partial charge in [0, 0.05) is 19.2 Å². The maximum absolute atomic E-state index is 12.5. The number of ether oxygens (including phenoxy) is 1. The summed E-state index contributed by atoms with van der Waals surface area (Å²) < 4.78 is 32.5. The number of benzene rings is 2. The Balaban J connectivity index is 2.49. The minimum absolute atomic E-state index is 0.0320. The summed E-state index contributed by atoms with van der Waals surface area (Å²) >= 11 is 3.30. The molecule has 0 heterocycles. The van der Waals surface area contributed by atoms with Crippen LogP contribution < -0.4 is 4.74 Å². The minimum atomic E-state index is -3.79. The molecule has 0 amide bonds. The predicted octanol–water partition coefficient (Wildman–Crippen LogP) is 4.18. The molecular weight excluding hydrogens is 412 g/mol. The van der Waals surface area contributed by atoms with Crippen LogP contribution in [-0.2, 0) is 10.0 Å². The number of rotatable bonds is 7. The van der Waals surface area contributed by atoms with Crippen molar-refractivity contribution in [1.29, 1.82) is 0 Å². The third-order valence-electron chi connectivity index (χ3n) is 3.53. The summed E-state index contributed by atoms with van der Waals surface area (Å²) in [5.74, 6) is 0.361. The lowest BCUT2D eigenvalue weighted by atomic mass is 10.3. The molecule has 9 heteroatoms. The molecule has 0 aliphatic rings. The van der Waals surface area contributed by atoms with E-state index in [2.05, 4.69) is 15.9 Å². The van der Waals surface area contributed by atoms with Crippen molar-refractivity contribution in [2.45, 2.75) is 18.7 Å². The van der Waals surface area contributed by atoms with Crippen LogP contribution in [0.15, 0.2) is 51.8 Å². The first-order valence-electron chi connectivity index (χ1n) is 7.52. The fourth-order valence-electron chi connectivity index (χ4n) is 2.25. The van der Waals surface area contributed by atoms with E-state index in [1.165, 1.54) is 16.4 Å². The maximum Gasteiger partial charge on any atom is 0.312 e. The van der Waals surface area contributed by atoms with Crippen molar-refractivity contribution in [2.75, 3.05) is 13.1 Å². The van der Waals surface area contributed by atoms with Crippen molar-refractivity contribution in [3.63, 3.8) is 0 Å². The highest BCUT2D eigenvalue weighted by Gasteiger charge is 2.26. The fraction of sp³-hybridized carbons (Fsp3) is 0.250. The van der Waals surface area contributed by atoms with Gasteiger partial charge in [0.1, 0.15) is 5.75 Å². The molecule has 2 rings (SSSR count). The standard InChI is InChI=1S/C16H17BrN2O5S/c1-3-18(4-2)25(22,23)12-9-10-16(14(11-12)19(20)21)24-15-8-6-5-7-13(15)17/h5-11H,3-4H2,1-2H3. The maximum atomic E-state index is 12.5. The SMILES string of the molecule is CCN(CC)S(=O)(=O)c1ccc(Oc2ccccc2Br)c([N+](=O)[O-])c1. The summed E-state index contributed by atoms with van der Waals surface area (Å²) in [6, 6.07) is 10.5. The van der Waals surface area contributed by atoms with Crippen molar-refractivity contribution in [1.82, 2.24) is 4.31 Å². The summed E-state index contributed by atoms with van der Waals surface area (Å²) in [7, 11) is -3.79. The van der Waals surface area contributed by atoms with Gasteiger partial charge >= 0.3 is 5.69 Å². The van der Waals surface area contributed by atoms with E-state index in [-0.39, 0.29) is 23.7 Å². The average molecular weight is 429 g/mol. The number of hydrogen-bond donors (Lipinski definition) is 0. The fourth-order valence-corrected chi connectivity index (χ4v) is 4.09. The molecule has 134 valence electrons. The first-order valence-corrected chi connectivity index (χ1v) is 9.75. The van der Waals surface area contributed by atoms with Crippen molar-refractivity contribution in [2.24, 2.45) is 0 Å². The zero-order valence-corrected chi connectivity index (χ0v) is 16.1. The van der Waals surface area contributed by atoms with E-state index < -0.39 is 20.6 Å². The van der Waals surface area contributed by atoms with E-state index in [4.69, 9.17) is 4.74 Å². The van der Waals surface area contributed by atoms with Crippen molar-refractivity contribution >= 4 is 31.6 Å². The minimum Gasteiger partial charge on any atom is -0.449 e. The zero-order valence-electron chi connectivity index (χ0n) is 13.7. The second-order valence-corrected chi connectivity index (χ2v) is 7.80.